The molecule has 80 valence electrons. The predicted molar refractivity (Wildman–Crippen MR) is 56.9 cm³/mol. The molecule has 0 amide bonds. The van der Waals surface area contributed by atoms with Gasteiger partial charge < -0.3 is 5.11 Å². The molecule has 3 aliphatic carbocycles. The van der Waals surface area contributed by atoms with Crippen LogP contribution in [0.4, 0.5) is 0 Å². The normalized spacial score (nSPS) is 48.6. The second-order valence-electron chi connectivity index (χ2n) is 5.78. The molecule has 0 aromatic carbocycles. The molecule has 0 aromatic rings. The van der Waals surface area contributed by atoms with E-state index in [0.717, 1.165) is 24.2 Å². The first-order valence-electron chi connectivity index (χ1n) is 6.54. The van der Waals surface area contributed by atoms with Crippen LogP contribution in [0.3, 0.4) is 0 Å². The van der Waals surface area contributed by atoms with Gasteiger partial charge in [0.15, 0.2) is 0 Å². The average molecular weight is 194 g/mol. The number of hydrogen-bond acceptors (Lipinski definition) is 1. The van der Waals surface area contributed by atoms with Gasteiger partial charge in [-0.05, 0) is 42.9 Å². The van der Waals surface area contributed by atoms with E-state index in [1.54, 1.807) is 0 Å². The zero-order chi connectivity index (χ0) is 9.54. The van der Waals surface area contributed by atoms with Crippen molar-refractivity contribution in [1.82, 2.24) is 0 Å². The van der Waals surface area contributed by atoms with Gasteiger partial charge in [-0.3, -0.25) is 0 Å². The Bertz CT molecular complexity index is 207. The minimum atomic E-state index is 0.0701. The van der Waals surface area contributed by atoms with Gasteiger partial charge in [-0.25, -0.2) is 0 Å². The third kappa shape index (κ3) is 1.32. The lowest BCUT2D eigenvalue weighted by Crippen LogP contribution is -2.24. The fraction of sp³-hybridized carbons (Fsp3) is 1.00. The van der Waals surface area contributed by atoms with E-state index >= 15 is 0 Å². The zero-order valence-corrected chi connectivity index (χ0v) is 8.99. The molecule has 3 fully saturated rings. The summed E-state index contributed by atoms with van der Waals surface area (Å²) < 4.78 is 0. The molecule has 0 heterocycles. The maximum atomic E-state index is 9.92. The Balaban J connectivity index is 1.72. The monoisotopic (exact) mass is 194 g/mol. The third-order valence-electron chi connectivity index (χ3n) is 5.14. The van der Waals surface area contributed by atoms with E-state index in [2.05, 4.69) is 0 Å². The highest BCUT2D eigenvalue weighted by molar-refractivity contribution is 4.99. The van der Waals surface area contributed by atoms with Crippen LogP contribution in [0.2, 0.25) is 0 Å². The van der Waals surface area contributed by atoms with Crippen LogP contribution in [0.1, 0.15) is 51.4 Å². The van der Waals surface area contributed by atoms with E-state index in [0.29, 0.717) is 5.92 Å². The van der Waals surface area contributed by atoms with Gasteiger partial charge in [-0.15, -0.1) is 0 Å². The van der Waals surface area contributed by atoms with Gasteiger partial charge in [0, 0.05) is 0 Å². The van der Waals surface area contributed by atoms with Crippen molar-refractivity contribution in [2.45, 2.75) is 57.5 Å². The second-order valence-corrected chi connectivity index (χ2v) is 5.78. The summed E-state index contributed by atoms with van der Waals surface area (Å²) >= 11 is 0. The topological polar surface area (TPSA) is 20.2 Å². The van der Waals surface area contributed by atoms with Crippen LogP contribution in [0.5, 0.6) is 0 Å². The van der Waals surface area contributed by atoms with Crippen molar-refractivity contribution in [2.75, 3.05) is 0 Å². The number of fused-ring (bicyclic) bond motifs is 2. The van der Waals surface area contributed by atoms with Crippen molar-refractivity contribution < 1.29 is 5.11 Å². The lowest BCUT2D eigenvalue weighted by Gasteiger charge is -2.30. The molecule has 3 rings (SSSR count). The fourth-order valence-corrected chi connectivity index (χ4v) is 4.60. The standard InChI is InChI=1S/C13H22O/c14-12-8-10-6-7-11(12)13(10)9-4-2-1-3-5-9/h9-14H,1-8H2/t10-,11+,12-,13-/m1/s1. The number of aliphatic hydroxyl groups excluding tert-OH is 1. The van der Waals surface area contributed by atoms with Crippen LogP contribution in [0.25, 0.3) is 0 Å². The summed E-state index contributed by atoms with van der Waals surface area (Å²) in [7, 11) is 0. The molecule has 4 atom stereocenters. The molecule has 2 bridgehead atoms. The predicted octanol–water partition coefficient (Wildman–Crippen LogP) is 2.97. The van der Waals surface area contributed by atoms with Gasteiger partial charge in [0.05, 0.1) is 6.10 Å². The Morgan fingerprint density at radius 2 is 1.57 bits per heavy atom. The Labute approximate surface area is 86.9 Å². The van der Waals surface area contributed by atoms with E-state index in [9.17, 15) is 5.11 Å². The quantitative estimate of drug-likeness (QED) is 0.680. The molecule has 3 saturated carbocycles. The maximum absolute atomic E-state index is 9.92. The summed E-state index contributed by atoms with van der Waals surface area (Å²) in [4.78, 5) is 0. The van der Waals surface area contributed by atoms with E-state index in [4.69, 9.17) is 0 Å². The Morgan fingerprint density at radius 3 is 2.14 bits per heavy atom. The van der Waals surface area contributed by atoms with Crippen molar-refractivity contribution in [3.8, 4) is 0 Å². The highest BCUT2D eigenvalue weighted by atomic mass is 16.3. The Hall–Kier alpha value is -0.0400. The van der Waals surface area contributed by atoms with Gasteiger partial charge in [-0.1, -0.05) is 32.1 Å². The van der Waals surface area contributed by atoms with Crippen molar-refractivity contribution >= 4 is 0 Å². The Morgan fingerprint density at radius 1 is 0.786 bits per heavy atom. The van der Waals surface area contributed by atoms with Gasteiger partial charge in [0.2, 0.25) is 0 Å². The first kappa shape index (κ1) is 9.21. The summed E-state index contributed by atoms with van der Waals surface area (Å²) in [5.41, 5.74) is 0. The van der Waals surface area contributed by atoms with Crippen LogP contribution in [0, 0.1) is 23.7 Å². The van der Waals surface area contributed by atoms with Gasteiger partial charge in [0.1, 0.15) is 0 Å². The van der Waals surface area contributed by atoms with Crippen molar-refractivity contribution in [2.24, 2.45) is 23.7 Å². The molecule has 0 unspecified atom stereocenters. The third-order valence-corrected chi connectivity index (χ3v) is 5.14. The van der Waals surface area contributed by atoms with Crippen LogP contribution in [0.15, 0.2) is 0 Å². The van der Waals surface area contributed by atoms with Crippen molar-refractivity contribution in [3.63, 3.8) is 0 Å². The highest BCUT2D eigenvalue weighted by Gasteiger charge is 2.49. The number of rotatable bonds is 1. The smallest absolute Gasteiger partial charge is 0.0574 e. The van der Waals surface area contributed by atoms with Crippen LogP contribution in [-0.4, -0.2) is 11.2 Å². The summed E-state index contributed by atoms with van der Waals surface area (Å²) in [5, 5.41) is 9.92. The van der Waals surface area contributed by atoms with Crippen molar-refractivity contribution in [3.05, 3.63) is 0 Å². The lowest BCUT2D eigenvalue weighted by atomic mass is 9.75. The summed E-state index contributed by atoms with van der Waals surface area (Å²) in [6, 6.07) is 0. The summed E-state index contributed by atoms with van der Waals surface area (Å²) in [6.07, 6.45) is 11.2. The first-order chi connectivity index (χ1) is 6.86. The van der Waals surface area contributed by atoms with Crippen LogP contribution in [-0.2, 0) is 0 Å². The van der Waals surface area contributed by atoms with E-state index < -0.39 is 0 Å². The van der Waals surface area contributed by atoms with Gasteiger partial charge >= 0.3 is 0 Å². The largest absolute Gasteiger partial charge is 0.393 e. The van der Waals surface area contributed by atoms with Gasteiger partial charge in [-0.2, -0.15) is 0 Å². The molecule has 0 aliphatic heterocycles. The average Bonchev–Trinajstić information content (AvgIpc) is 2.75. The molecule has 1 heteroatoms. The molecular formula is C13H22O. The molecule has 3 aliphatic rings. The molecule has 14 heavy (non-hydrogen) atoms. The fourth-order valence-electron chi connectivity index (χ4n) is 4.60. The minimum absolute atomic E-state index is 0.0701. The number of hydrogen-bond donors (Lipinski definition) is 1. The maximum Gasteiger partial charge on any atom is 0.0574 e. The first-order valence-corrected chi connectivity index (χ1v) is 6.54. The van der Waals surface area contributed by atoms with E-state index in [-0.39, 0.29) is 6.10 Å². The Kier molecular flexibility index (Phi) is 2.31. The minimum Gasteiger partial charge on any atom is -0.393 e. The molecule has 0 spiro atoms. The molecular weight excluding hydrogens is 172 g/mol. The highest BCUT2D eigenvalue weighted by Crippen LogP contribution is 2.54. The SMILES string of the molecule is O[C@@H]1C[C@H]2CC[C@@H]1[C@@H]2C1CCCCC1. The summed E-state index contributed by atoms with van der Waals surface area (Å²) in [6.45, 7) is 0. The second kappa shape index (κ2) is 3.52. The molecule has 0 radical (unpaired) electrons. The van der Waals surface area contributed by atoms with Crippen LogP contribution < -0.4 is 0 Å². The van der Waals surface area contributed by atoms with Crippen molar-refractivity contribution in [1.29, 1.82) is 0 Å². The molecule has 1 N–H and O–H groups in total. The van der Waals surface area contributed by atoms with Gasteiger partial charge in [0.25, 0.3) is 0 Å². The summed E-state index contributed by atoms with van der Waals surface area (Å²) in [5.74, 6) is 3.50. The van der Waals surface area contributed by atoms with Crippen LogP contribution >= 0.6 is 0 Å². The molecule has 1 nitrogen and oxygen atoms in total. The number of aliphatic hydroxyl groups is 1. The van der Waals surface area contributed by atoms with E-state index in [1.807, 2.05) is 0 Å². The lowest BCUT2D eigenvalue weighted by molar-refractivity contribution is 0.0951. The molecule has 0 saturated heterocycles. The van der Waals surface area contributed by atoms with E-state index in [1.165, 1.54) is 44.9 Å². The molecule has 0 aromatic heterocycles. The zero-order valence-electron chi connectivity index (χ0n) is 8.99.